The first-order valence-electron chi connectivity index (χ1n) is 6.53. The zero-order valence-corrected chi connectivity index (χ0v) is 10.4. The average molecular weight is 218 g/mol. The van der Waals surface area contributed by atoms with Gasteiger partial charge in [-0.3, -0.25) is 0 Å². The minimum Gasteiger partial charge on any atom is -0.370 e. The predicted molar refractivity (Wildman–Crippen MR) is 67.7 cm³/mol. The Hall–Kier alpha value is -0.820. The molecule has 1 heteroatoms. The first kappa shape index (κ1) is 11.7. The molecule has 2 atom stereocenters. The van der Waals surface area contributed by atoms with Crippen LogP contribution in [0.3, 0.4) is 0 Å². The van der Waals surface area contributed by atoms with Gasteiger partial charge in [0.1, 0.15) is 0 Å². The maximum atomic E-state index is 5.42. The Labute approximate surface area is 98.8 Å². The van der Waals surface area contributed by atoms with Crippen LogP contribution in [0.1, 0.15) is 44.2 Å². The van der Waals surface area contributed by atoms with Crippen molar-refractivity contribution in [2.75, 3.05) is 0 Å². The first-order valence-corrected chi connectivity index (χ1v) is 6.53. The van der Waals surface area contributed by atoms with Gasteiger partial charge in [-0.1, -0.05) is 37.6 Å². The molecule has 0 saturated carbocycles. The number of benzene rings is 1. The molecule has 0 aromatic heterocycles. The van der Waals surface area contributed by atoms with Crippen LogP contribution in [0.5, 0.6) is 0 Å². The summed E-state index contributed by atoms with van der Waals surface area (Å²) >= 11 is 0. The van der Waals surface area contributed by atoms with Gasteiger partial charge in [-0.05, 0) is 43.7 Å². The van der Waals surface area contributed by atoms with Crippen molar-refractivity contribution >= 4 is 0 Å². The summed E-state index contributed by atoms with van der Waals surface area (Å²) in [7, 11) is 0. The second-order valence-corrected chi connectivity index (χ2v) is 4.84. The lowest BCUT2D eigenvalue weighted by Gasteiger charge is -2.03. The summed E-state index contributed by atoms with van der Waals surface area (Å²) in [4.78, 5) is 0. The quantitative estimate of drug-likeness (QED) is 0.662. The Bertz CT molecular complexity index is 315. The van der Waals surface area contributed by atoms with E-state index in [1.54, 1.807) is 0 Å². The van der Waals surface area contributed by atoms with Crippen LogP contribution in [-0.2, 0) is 17.6 Å². The molecule has 1 aromatic carbocycles. The lowest BCUT2D eigenvalue weighted by atomic mass is 10.0. The number of hydrogen-bond acceptors (Lipinski definition) is 1. The largest absolute Gasteiger partial charge is 0.370 e. The fourth-order valence-corrected chi connectivity index (χ4v) is 2.10. The van der Waals surface area contributed by atoms with Gasteiger partial charge >= 0.3 is 0 Å². The Morgan fingerprint density at radius 3 is 2.12 bits per heavy atom. The fourth-order valence-electron chi connectivity index (χ4n) is 2.10. The SMILES string of the molecule is CCCCc1ccc(CCC2OC2C)cc1. The third-order valence-corrected chi connectivity index (χ3v) is 3.40. The van der Waals surface area contributed by atoms with Gasteiger partial charge in [0.2, 0.25) is 0 Å². The highest BCUT2D eigenvalue weighted by Crippen LogP contribution is 2.25. The second kappa shape index (κ2) is 5.49. The predicted octanol–water partition coefficient (Wildman–Crippen LogP) is 3.75. The summed E-state index contributed by atoms with van der Waals surface area (Å²) in [6.45, 7) is 4.39. The first-order chi connectivity index (χ1) is 7.79. The smallest absolute Gasteiger partial charge is 0.0842 e. The van der Waals surface area contributed by atoms with Gasteiger partial charge < -0.3 is 4.74 Å². The number of unbranched alkanes of at least 4 members (excludes halogenated alkanes) is 1. The van der Waals surface area contributed by atoms with E-state index in [0.29, 0.717) is 12.2 Å². The molecule has 1 aromatic rings. The third-order valence-electron chi connectivity index (χ3n) is 3.40. The molecule has 1 fully saturated rings. The summed E-state index contributed by atoms with van der Waals surface area (Å²) in [5, 5.41) is 0. The van der Waals surface area contributed by atoms with Crippen molar-refractivity contribution in [1.82, 2.24) is 0 Å². The van der Waals surface area contributed by atoms with Gasteiger partial charge in [0.15, 0.2) is 0 Å². The highest BCUT2D eigenvalue weighted by molar-refractivity contribution is 5.22. The van der Waals surface area contributed by atoms with E-state index < -0.39 is 0 Å². The Balaban J connectivity index is 1.77. The molecule has 16 heavy (non-hydrogen) atoms. The van der Waals surface area contributed by atoms with Crippen LogP contribution in [-0.4, -0.2) is 12.2 Å². The molecule has 2 rings (SSSR count). The van der Waals surface area contributed by atoms with E-state index in [1.165, 1.54) is 36.8 Å². The molecule has 0 aliphatic carbocycles. The second-order valence-electron chi connectivity index (χ2n) is 4.84. The van der Waals surface area contributed by atoms with Gasteiger partial charge in [-0.25, -0.2) is 0 Å². The monoisotopic (exact) mass is 218 g/mol. The molecule has 88 valence electrons. The lowest BCUT2D eigenvalue weighted by Crippen LogP contribution is -1.94. The highest BCUT2D eigenvalue weighted by Gasteiger charge is 2.33. The van der Waals surface area contributed by atoms with Gasteiger partial charge in [-0.15, -0.1) is 0 Å². The molecule has 1 heterocycles. The minimum atomic E-state index is 0.504. The van der Waals surface area contributed by atoms with Crippen LogP contribution in [0.2, 0.25) is 0 Å². The maximum absolute atomic E-state index is 5.42. The van der Waals surface area contributed by atoms with Gasteiger partial charge in [0.05, 0.1) is 12.2 Å². The van der Waals surface area contributed by atoms with Gasteiger partial charge in [0, 0.05) is 0 Å². The normalized spacial score (nSPS) is 23.4. The van der Waals surface area contributed by atoms with Crippen molar-refractivity contribution in [3.63, 3.8) is 0 Å². The zero-order chi connectivity index (χ0) is 11.4. The summed E-state index contributed by atoms with van der Waals surface area (Å²) < 4.78 is 5.42. The van der Waals surface area contributed by atoms with Crippen LogP contribution in [0, 0.1) is 0 Å². The van der Waals surface area contributed by atoms with Gasteiger partial charge in [0.25, 0.3) is 0 Å². The van der Waals surface area contributed by atoms with E-state index in [1.807, 2.05) is 0 Å². The van der Waals surface area contributed by atoms with Crippen molar-refractivity contribution in [2.24, 2.45) is 0 Å². The van der Waals surface area contributed by atoms with Crippen LogP contribution >= 0.6 is 0 Å². The zero-order valence-electron chi connectivity index (χ0n) is 10.4. The minimum absolute atomic E-state index is 0.504. The van der Waals surface area contributed by atoms with Crippen LogP contribution in [0.25, 0.3) is 0 Å². The molecule has 1 saturated heterocycles. The molecular formula is C15H22O. The van der Waals surface area contributed by atoms with E-state index >= 15 is 0 Å². The Kier molecular flexibility index (Phi) is 4.00. The van der Waals surface area contributed by atoms with Crippen molar-refractivity contribution in [3.05, 3.63) is 35.4 Å². The standard InChI is InChI=1S/C15H22O/c1-3-4-5-13-6-8-14(9-7-13)10-11-15-12(2)16-15/h6-9,12,15H,3-5,10-11H2,1-2H3. The molecule has 2 unspecified atom stereocenters. The number of epoxide rings is 1. The average Bonchev–Trinajstić information content (AvgIpc) is 3.01. The van der Waals surface area contributed by atoms with E-state index in [9.17, 15) is 0 Å². The fraction of sp³-hybridized carbons (Fsp3) is 0.600. The number of aryl methyl sites for hydroxylation is 2. The summed E-state index contributed by atoms with van der Waals surface area (Å²) in [5.41, 5.74) is 2.92. The molecule has 1 nitrogen and oxygen atoms in total. The summed E-state index contributed by atoms with van der Waals surface area (Å²) in [6.07, 6.45) is 7.16. The van der Waals surface area contributed by atoms with Crippen molar-refractivity contribution in [2.45, 2.75) is 58.2 Å². The van der Waals surface area contributed by atoms with E-state index in [0.717, 1.165) is 6.42 Å². The lowest BCUT2D eigenvalue weighted by molar-refractivity contribution is 0.370. The van der Waals surface area contributed by atoms with E-state index in [4.69, 9.17) is 4.74 Å². The number of rotatable bonds is 6. The van der Waals surface area contributed by atoms with Gasteiger partial charge in [-0.2, -0.15) is 0 Å². The van der Waals surface area contributed by atoms with E-state index in [-0.39, 0.29) is 0 Å². The van der Waals surface area contributed by atoms with Crippen LogP contribution in [0.15, 0.2) is 24.3 Å². The molecule has 1 aliphatic rings. The van der Waals surface area contributed by atoms with Crippen molar-refractivity contribution in [1.29, 1.82) is 0 Å². The molecule has 0 bridgehead atoms. The highest BCUT2D eigenvalue weighted by atomic mass is 16.6. The van der Waals surface area contributed by atoms with Crippen molar-refractivity contribution in [3.8, 4) is 0 Å². The number of ether oxygens (including phenoxy) is 1. The van der Waals surface area contributed by atoms with Crippen LogP contribution in [0.4, 0.5) is 0 Å². The summed E-state index contributed by atoms with van der Waals surface area (Å²) in [6, 6.07) is 9.11. The molecule has 0 spiro atoms. The van der Waals surface area contributed by atoms with Crippen LogP contribution < -0.4 is 0 Å². The molecule has 1 aliphatic heterocycles. The Morgan fingerprint density at radius 2 is 1.62 bits per heavy atom. The molecule has 0 radical (unpaired) electrons. The third kappa shape index (κ3) is 3.34. The molecule has 0 amide bonds. The van der Waals surface area contributed by atoms with E-state index in [2.05, 4.69) is 38.1 Å². The summed E-state index contributed by atoms with van der Waals surface area (Å²) in [5.74, 6) is 0. The maximum Gasteiger partial charge on any atom is 0.0842 e. The number of hydrogen-bond donors (Lipinski definition) is 0. The molecule has 0 N–H and O–H groups in total. The Morgan fingerprint density at radius 1 is 1.06 bits per heavy atom. The van der Waals surface area contributed by atoms with Crippen molar-refractivity contribution < 1.29 is 4.74 Å². The topological polar surface area (TPSA) is 12.5 Å². The molecular weight excluding hydrogens is 196 g/mol.